The second-order valence-corrected chi connectivity index (χ2v) is 8.06. The predicted molar refractivity (Wildman–Crippen MR) is 116 cm³/mol. The molecule has 0 bridgehead atoms. The maximum atomic E-state index is 12.5. The van der Waals surface area contributed by atoms with E-state index in [0.29, 0.717) is 33.8 Å². The molecule has 0 aliphatic carbocycles. The number of amides is 1. The first-order valence-corrected chi connectivity index (χ1v) is 10.4. The van der Waals surface area contributed by atoms with E-state index in [1.54, 1.807) is 25.0 Å². The highest BCUT2D eigenvalue weighted by Crippen LogP contribution is 2.47. The largest absolute Gasteiger partial charge is 0.497 e. The molecule has 2 heterocycles. The molecule has 29 heavy (non-hydrogen) atoms. The number of fused-ring (bicyclic) bond motifs is 1. The van der Waals surface area contributed by atoms with Gasteiger partial charge in [-0.15, -0.1) is 11.8 Å². The zero-order chi connectivity index (χ0) is 20.5. The van der Waals surface area contributed by atoms with E-state index >= 15 is 0 Å². The van der Waals surface area contributed by atoms with E-state index in [9.17, 15) is 4.79 Å². The first-order chi connectivity index (χ1) is 14.0. The molecule has 1 aliphatic heterocycles. The third kappa shape index (κ3) is 3.56. The summed E-state index contributed by atoms with van der Waals surface area (Å²) in [5, 5.41) is 8.14. The van der Waals surface area contributed by atoms with Gasteiger partial charge in [0.15, 0.2) is 0 Å². The van der Waals surface area contributed by atoms with Crippen molar-refractivity contribution in [3.63, 3.8) is 0 Å². The second kappa shape index (κ2) is 8.00. The minimum Gasteiger partial charge on any atom is -0.497 e. The Morgan fingerprint density at radius 2 is 2.00 bits per heavy atom. The van der Waals surface area contributed by atoms with E-state index in [-0.39, 0.29) is 11.2 Å². The van der Waals surface area contributed by atoms with Crippen molar-refractivity contribution >= 4 is 35.1 Å². The highest BCUT2D eigenvalue weighted by Gasteiger charge is 2.32. The number of benzene rings is 2. The number of aryl methyl sites for hydroxylation is 1. The number of carbonyl (C=O) groups is 1. The van der Waals surface area contributed by atoms with Gasteiger partial charge in [-0.3, -0.25) is 4.79 Å². The van der Waals surface area contributed by atoms with Gasteiger partial charge in [0, 0.05) is 17.2 Å². The van der Waals surface area contributed by atoms with Crippen LogP contribution < -0.4 is 14.8 Å². The number of hydrogen-bond donors (Lipinski definition) is 1. The van der Waals surface area contributed by atoms with Crippen LogP contribution in [0, 0.1) is 6.92 Å². The molecule has 0 saturated carbocycles. The van der Waals surface area contributed by atoms with Crippen LogP contribution in [0.15, 0.2) is 42.5 Å². The van der Waals surface area contributed by atoms with Crippen LogP contribution in [0.5, 0.6) is 11.5 Å². The van der Waals surface area contributed by atoms with Gasteiger partial charge in [0.25, 0.3) is 0 Å². The lowest BCUT2D eigenvalue weighted by Crippen LogP contribution is -2.16. The van der Waals surface area contributed by atoms with E-state index in [1.165, 1.54) is 11.8 Å². The van der Waals surface area contributed by atoms with Crippen LogP contribution in [0.3, 0.4) is 0 Å². The minimum absolute atomic E-state index is 0.0839. The van der Waals surface area contributed by atoms with E-state index in [1.807, 2.05) is 43.3 Å². The molecule has 1 aliphatic rings. The SMILES string of the molecule is COc1ccc([C@@H]2SCC(=O)Nc3c2c(C)nn3-c2ccccc2Cl)c(OC)c1. The number of methoxy groups -OCH3 is 2. The van der Waals surface area contributed by atoms with Crippen molar-refractivity contribution < 1.29 is 14.3 Å². The maximum absolute atomic E-state index is 12.5. The number of anilines is 1. The third-order valence-corrected chi connectivity index (χ3v) is 6.38. The monoisotopic (exact) mass is 429 g/mol. The number of thioether (sulfide) groups is 1. The molecule has 1 amide bonds. The van der Waals surface area contributed by atoms with Gasteiger partial charge in [0.2, 0.25) is 5.91 Å². The van der Waals surface area contributed by atoms with Crippen molar-refractivity contribution in [1.82, 2.24) is 9.78 Å². The Morgan fingerprint density at radius 3 is 2.72 bits per heavy atom. The van der Waals surface area contributed by atoms with Gasteiger partial charge in [-0.2, -0.15) is 5.10 Å². The summed E-state index contributed by atoms with van der Waals surface area (Å²) >= 11 is 7.95. The Morgan fingerprint density at radius 1 is 1.21 bits per heavy atom. The molecule has 4 rings (SSSR count). The predicted octanol–water partition coefficient (Wildman–Crippen LogP) is 4.63. The lowest BCUT2D eigenvalue weighted by atomic mass is 10.0. The first-order valence-electron chi connectivity index (χ1n) is 9.01. The molecule has 3 aromatic rings. The summed E-state index contributed by atoms with van der Waals surface area (Å²) < 4.78 is 12.7. The number of rotatable bonds is 4. The Bertz CT molecular complexity index is 1080. The van der Waals surface area contributed by atoms with Crippen molar-refractivity contribution in [1.29, 1.82) is 0 Å². The fourth-order valence-corrected chi connectivity index (χ4v) is 4.89. The fourth-order valence-electron chi connectivity index (χ4n) is 3.46. The van der Waals surface area contributed by atoms with Crippen LogP contribution in [0.2, 0.25) is 5.02 Å². The second-order valence-electron chi connectivity index (χ2n) is 6.56. The van der Waals surface area contributed by atoms with Gasteiger partial charge >= 0.3 is 0 Å². The van der Waals surface area contributed by atoms with Crippen molar-refractivity contribution in [3.05, 3.63) is 64.3 Å². The van der Waals surface area contributed by atoms with Crippen LogP contribution in [-0.4, -0.2) is 35.7 Å². The summed E-state index contributed by atoms with van der Waals surface area (Å²) in [7, 11) is 3.25. The Kier molecular flexibility index (Phi) is 5.43. The Balaban J connectivity index is 1.91. The van der Waals surface area contributed by atoms with Crippen molar-refractivity contribution in [2.24, 2.45) is 0 Å². The molecule has 1 atom stereocenters. The molecule has 6 nitrogen and oxygen atoms in total. The number of halogens is 1. The third-order valence-electron chi connectivity index (χ3n) is 4.81. The summed E-state index contributed by atoms with van der Waals surface area (Å²) in [4.78, 5) is 12.5. The van der Waals surface area contributed by atoms with Gasteiger partial charge in [-0.1, -0.05) is 29.8 Å². The first kappa shape index (κ1) is 19.7. The van der Waals surface area contributed by atoms with Crippen LogP contribution in [0.25, 0.3) is 5.69 Å². The Hall–Kier alpha value is -2.64. The standard InChI is InChI=1S/C21H20ClN3O3S/c1-12-19-20(14-9-8-13(27-2)10-17(14)28-3)29-11-18(26)23-21(19)25(24-12)16-7-5-4-6-15(16)22/h4-10,20H,11H2,1-3H3,(H,23,26)/t20-/m0/s1. The molecule has 1 N–H and O–H groups in total. The van der Waals surface area contributed by atoms with Crippen LogP contribution in [0.4, 0.5) is 5.82 Å². The van der Waals surface area contributed by atoms with Gasteiger partial charge < -0.3 is 14.8 Å². The van der Waals surface area contributed by atoms with E-state index < -0.39 is 0 Å². The van der Waals surface area contributed by atoms with Crippen molar-refractivity contribution in [2.45, 2.75) is 12.2 Å². The van der Waals surface area contributed by atoms with E-state index in [4.69, 9.17) is 26.2 Å². The zero-order valence-corrected chi connectivity index (χ0v) is 17.8. The van der Waals surface area contributed by atoms with Gasteiger partial charge in [0.1, 0.15) is 17.3 Å². The highest BCUT2D eigenvalue weighted by atomic mass is 35.5. The van der Waals surface area contributed by atoms with Crippen LogP contribution >= 0.6 is 23.4 Å². The lowest BCUT2D eigenvalue weighted by molar-refractivity contribution is -0.113. The van der Waals surface area contributed by atoms with Crippen LogP contribution in [0.1, 0.15) is 22.1 Å². The van der Waals surface area contributed by atoms with Gasteiger partial charge in [0.05, 0.1) is 41.6 Å². The molecule has 0 radical (unpaired) electrons. The maximum Gasteiger partial charge on any atom is 0.235 e. The summed E-state index contributed by atoms with van der Waals surface area (Å²) in [6.45, 7) is 1.94. The topological polar surface area (TPSA) is 65.4 Å². The number of nitrogens with zero attached hydrogens (tertiary/aromatic N) is 2. The average molecular weight is 430 g/mol. The molecule has 2 aromatic carbocycles. The zero-order valence-electron chi connectivity index (χ0n) is 16.2. The van der Waals surface area contributed by atoms with Gasteiger partial charge in [-0.25, -0.2) is 4.68 Å². The smallest absolute Gasteiger partial charge is 0.235 e. The molecule has 8 heteroatoms. The number of aromatic nitrogens is 2. The van der Waals surface area contributed by atoms with E-state index in [2.05, 4.69) is 5.32 Å². The number of hydrogen-bond acceptors (Lipinski definition) is 5. The molecular formula is C21H20ClN3O3S. The molecular weight excluding hydrogens is 410 g/mol. The fraction of sp³-hybridized carbons (Fsp3) is 0.238. The number of ether oxygens (including phenoxy) is 2. The quantitative estimate of drug-likeness (QED) is 0.655. The van der Waals surface area contributed by atoms with Crippen molar-refractivity contribution in [3.8, 4) is 17.2 Å². The highest BCUT2D eigenvalue weighted by molar-refractivity contribution is 8.00. The summed E-state index contributed by atoms with van der Waals surface area (Å²) in [5.74, 6) is 2.28. The number of para-hydroxylation sites is 1. The minimum atomic E-state index is -0.138. The molecule has 0 unspecified atom stereocenters. The van der Waals surface area contributed by atoms with Crippen molar-refractivity contribution in [2.75, 3.05) is 25.3 Å². The normalized spacial score (nSPS) is 16.0. The number of carbonyl (C=O) groups excluding carboxylic acids is 1. The molecule has 0 saturated heterocycles. The van der Waals surface area contributed by atoms with E-state index in [0.717, 1.165) is 16.8 Å². The summed E-state index contributed by atoms with van der Waals surface area (Å²) in [5.41, 5.74) is 3.42. The summed E-state index contributed by atoms with van der Waals surface area (Å²) in [6, 6.07) is 13.2. The van der Waals surface area contributed by atoms with Gasteiger partial charge in [-0.05, 0) is 25.1 Å². The lowest BCUT2D eigenvalue weighted by Gasteiger charge is -2.19. The Labute approximate surface area is 178 Å². The summed E-state index contributed by atoms with van der Waals surface area (Å²) in [6.07, 6.45) is 0. The molecule has 0 fully saturated rings. The number of nitrogens with one attached hydrogen (secondary N) is 1. The molecule has 1 aromatic heterocycles. The average Bonchev–Trinajstić information content (AvgIpc) is 2.93. The van der Waals surface area contributed by atoms with Crippen LogP contribution in [-0.2, 0) is 4.79 Å². The molecule has 150 valence electrons. The molecule has 0 spiro atoms.